The predicted octanol–water partition coefficient (Wildman–Crippen LogP) is 2.19. The number of hydrogen-bond donors (Lipinski definition) is 2. The number of rotatable bonds is 2. The van der Waals surface area contributed by atoms with Gasteiger partial charge in [0.15, 0.2) is 0 Å². The lowest BCUT2D eigenvalue weighted by Crippen LogP contribution is -2.49. The molecule has 0 aliphatic rings. The monoisotopic (exact) mass is 252 g/mol. The Morgan fingerprint density at radius 2 is 1.83 bits per heavy atom. The Labute approximate surface area is 109 Å². The van der Waals surface area contributed by atoms with Gasteiger partial charge in [0, 0.05) is 7.05 Å². The number of anilines is 1. The molecule has 0 aromatic heterocycles. The van der Waals surface area contributed by atoms with Gasteiger partial charge in [0.1, 0.15) is 0 Å². The first-order valence-corrected chi connectivity index (χ1v) is 6.14. The molecule has 5 heteroatoms. The van der Waals surface area contributed by atoms with Gasteiger partial charge < -0.3 is 0 Å². The highest BCUT2D eigenvalue weighted by Crippen LogP contribution is 2.22. The summed E-state index contributed by atoms with van der Waals surface area (Å²) in [5.41, 5.74) is 2.87. The smallest absolute Gasteiger partial charge is 0.264 e. The van der Waals surface area contributed by atoms with Crippen LogP contribution < -0.4 is 16.7 Å². The molecule has 1 rings (SSSR count). The summed E-state index contributed by atoms with van der Waals surface area (Å²) in [6.45, 7) is 8.02. The number of benzene rings is 1. The molecule has 1 aromatic rings. The molecule has 102 valence electrons. The minimum Gasteiger partial charge on any atom is -0.264 e. The maximum Gasteiger partial charge on any atom is 0.352 e. The molecule has 0 aliphatic heterocycles. The zero-order valence-electron chi connectivity index (χ0n) is 11.9. The minimum absolute atomic E-state index is 0.444. The van der Waals surface area contributed by atoms with Gasteiger partial charge in [-0.05, 0) is 30.5 Å². The average molecular weight is 252 g/mol. The first-order chi connectivity index (χ1) is 8.49. The molecule has 0 spiro atoms. The highest BCUT2D eigenvalue weighted by molar-refractivity contribution is 5.91. The van der Waals surface area contributed by atoms with Crippen molar-refractivity contribution in [2.75, 3.05) is 12.1 Å². The number of hydrogen-bond acceptors (Lipinski definition) is 3. The number of aryl methyl sites for hydroxylation is 1. The summed E-state index contributed by atoms with van der Waals surface area (Å²) < 4.78 is 0. The summed E-state index contributed by atoms with van der Waals surface area (Å²) in [7, 11) is 1.46. The van der Waals surface area contributed by atoms with E-state index in [4.69, 9.17) is 11.7 Å². The number of nitrogens with two attached hydrogens (primary N) is 2. The molecule has 5 nitrogen and oxygen atoms in total. The first-order valence-electron chi connectivity index (χ1n) is 6.14. The highest BCUT2D eigenvalue weighted by Gasteiger charge is 2.17. The largest absolute Gasteiger partial charge is 0.352 e. The van der Waals surface area contributed by atoms with E-state index in [2.05, 4.69) is 0 Å². The molecule has 2 amide bonds. The number of carbonyl (C=O) groups is 1. The summed E-state index contributed by atoms with van der Waals surface area (Å²) >= 11 is 0. The molecule has 0 aliphatic carbocycles. The zero-order valence-corrected chi connectivity index (χ0v) is 11.9. The molecular formula is C13H24N4O. The Balaban J connectivity index is 0.00000137. The normalized spacial score (nSPS) is 9.28. The van der Waals surface area contributed by atoms with Crippen LogP contribution in [-0.2, 0) is 6.42 Å². The van der Waals surface area contributed by atoms with Crippen LogP contribution in [0.15, 0.2) is 18.2 Å². The van der Waals surface area contributed by atoms with Crippen molar-refractivity contribution in [3.63, 3.8) is 0 Å². The van der Waals surface area contributed by atoms with Crippen molar-refractivity contribution in [2.24, 2.45) is 11.7 Å². The quantitative estimate of drug-likeness (QED) is 0.481. The van der Waals surface area contributed by atoms with Crippen LogP contribution in [0.5, 0.6) is 0 Å². The van der Waals surface area contributed by atoms with Crippen LogP contribution in [0.25, 0.3) is 0 Å². The highest BCUT2D eigenvalue weighted by atomic mass is 16.2. The van der Waals surface area contributed by atoms with Crippen LogP contribution in [0.4, 0.5) is 10.5 Å². The molecular weight excluding hydrogens is 228 g/mol. The van der Waals surface area contributed by atoms with E-state index in [0.717, 1.165) is 27.6 Å². The lowest BCUT2D eigenvalue weighted by Gasteiger charge is -2.23. The van der Waals surface area contributed by atoms with Crippen molar-refractivity contribution in [3.8, 4) is 0 Å². The molecule has 0 unspecified atom stereocenters. The second-order valence-corrected chi connectivity index (χ2v) is 3.69. The third-order valence-electron chi connectivity index (χ3n) is 2.51. The van der Waals surface area contributed by atoms with Crippen LogP contribution >= 0.6 is 0 Å². The van der Waals surface area contributed by atoms with Gasteiger partial charge in [-0.2, -0.15) is 0 Å². The van der Waals surface area contributed by atoms with Gasteiger partial charge in [-0.1, -0.05) is 32.9 Å². The summed E-state index contributed by atoms with van der Waals surface area (Å²) in [6, 6.07) is 5.23. The van der Waals surface area contributed by atoms with Gasteiger partial charge in [0.2, 0.25) is 0 Å². The van der Waals surface area contributed by atoms with E-state index >= 15 is 0 Å². The van der Waals surface area contributed by atoms with Crippen LogP contribution in [-0.4, -0.2) is 18.1 Å². The van der Waals surface area contributed by atoms with Gasteiger partial charge >= 0.3 is 6.03 Å². The molecule has 0 atom stereocenters. The Bertz CT molecular complexity index is 391. The number of hydrazine groups is 2. The van der Waals surface area contributed by atoms with E-state index in [9.17, 15) is 4.79 Å². The standard InChI is InChI=1S/C11H18N4O.C2H6/c1-4-9-8(2)6-5-7-10(9)15(13)11(16)14(3)12;1-2/h5-7H,4,12-13H2,1-3H3;1-2H3. The first kappa shape index (κ1) is 16.4. The third-order valence-corrected chi connectivity index (χ3v) is 2.51. The molecule has 0 radical (unpaired) electrons. The Morgan fingerprint density at radius 1 is 1.28 bits per heavy atom. The summed E-state index contributed by atoms with van der Waals surface area (Å²) in [5.74, 6) is 11.1. The fraction of sp³-hybridized carbons (Fsp3) is 0.462. The van der Waals surface area contributed by atoms with Crippen LogP contribution in [0, 0.1) is 6.92 Å². The van der Waals surface area contributed by atoms with E-state index < -0.39 is 6.03 Å². The van der Waals surface area contributed by atoms with Gasteiger partial charge in [-0.15, -0.1) is 0 Å². The summed E-state index contributed by atoms with van der Waals surface area (Å²) in [6.07, 6.45) is 0.817. The van der Waals surface area contributed by atoms with E-state index in [0.29, 0.717) is 5.69 Å². The molecule has 0 saturated heterocycles. The van der Waals surface area contributed by atoms with E-state index in [1.165, 1.54) is 7.05 Å². The fourth-order valence-corrected chi connectivity index (χ4v) is 1.65. The Kier molecular flexibility index (Phi) is 7.00. The topological polar surface area (TPSA) is 75.6 Å². The number of carbonyl (C=O) groups excluding carboxylic acids is 1. The second kappa shape index (κ2) is 7.68. The third kappa shape index (κ3) is 3.72. The Morgan fingerprint density at radius 3 is 2.28 bits per heavy atom. The van der Waals surface area contributed by atoms with Gasteiger partial charge in [0.05, 0.1) is 5.69 Å². The zero-order chi connectivity index (χ0) is 14.3. The molecule has 0 heterocycles. The van der Waals surface area contributed by atoms with Crippen molar-refractivity contribution in [1.29, 1.82) is 0 Å². The average Bonchev–Trinajstić information content (AvgIpc) is 2.38. The van der Waals surface area contributed by atoms with Crippen LogP contribution in [0.3, 0.4) is 0 Å². The molecule has 1 aromatic carbocycles. The molecule has 18 heavy (non-hydrogen) atoms. The molecule has 0 fully saturated rings. The van der Waals surface area contributed by atoms with Crippen LogP contribution in [0.2, 0.25) is 0 Å². The van der Waals surface area contributed by atoms with Crippen molar-refractivity contribution in [1.82, 2.24) is 5.01 Å². The number of amides is 2. The predicted molar refractivity (Wildman–Crippen MR) is 75.9 cm³/mol. The van der Waals surface area contributed by atoms with Crippen molar-refractivity contribution >= 4 is 11.7 Å². The maximum atomic E-state index is 11.6. The van der Waals surface area contributed by atoms with Crippen molar-refractivity contribution in [3.05, 3.63) is 29.3 Å². The van der Waals surface area contributed by atoms with Crippen LogP contribution in [0.1, 0.15) is 31.9 Å². The maximum absolute atomic E-state index is 11.6. The SMILES string of the molecule is CC.CCc1c(C)cccc1N(N)C(=O)N(C)N. The van der Waals surface area contributed by atoms with E-state index in [-0.39, 0.29) is 0 Å². The number of nitrogens with zero attached hydrogens (tertiary/aromatic N) is 2. The van der Waals surface area contributed by atoms with Gasteiger partial charge in [-0.3, -0.25) is 5.01 Å². The van der Waals surface area contributed by atoms with Crippen molar-refractivity contribution in [2.45, 2.75) is 34.1 Å². The van der Waals surface area contributed by atoms with Crippen molar-refractivity contribution < 1.29 is 4.79 Å². The number of urea groups is 1. The molecule has 4 N–H and O–H groups in total. The summed E-state index contributed by atoms with van der Waals surface area (Å²) in [5, 5.41) is 2.04. The molecule has 0 saturated carbocycles. The Hall–Kier alpha value is -1.59. The van der Waals surface area contributed by atoms with Gasteiger partial charge in [-0.25, -0.2) is 21.5 Å². The van der Waals surface area contributed by atoms with E-state index in [1.807, 2.05) is 45.9 Å². The second-order valence-electron chi connectivity index (χ2n) is 3.69. The molecule has 0 bridgehead atoms. The van der Waals surface area contributed by atoms with Gasteiger partial charge in [0.25, 0.3) is 0 Å². The summed E-state index contributed by atoms with van der Waals surface area (Å²) in [4.78, 5) is 11.6. The fourth-order valence-electron chi connectivity index (χ4n) is 1.65. The lowest BCUT2D eigenvalue weighted by atomic mass is 10.0. The lowest BCUT2D eigenvalue weighted by molar-refractivity contribution is 0.216. The minimum atomic E-state index is -0.444. The van der Waals surface area contributed by atoms with E-state index in [1.54, 1.807) is 0 Å².